The number of aromatic nitrogens is 3. The van der Waals surface area contributed by atoms with Gasteiger partial charge in [-0.15, -0.1) is 10.2 Å². The summed E-state index contributed by atoms with van der Waals surface area (Å²) in [5, 5.41) is 12.3. The molecule has 0 atom stereocenters. The van der Waals surface area contributed by atoms with Crippen molar-refractivity contribution in [2.45, 2.75) is 52.1 Å². The zero-order chi connectivity index (χ0) is 22.0. The number of anilines is 1. The van der Waals surface area contributed by atoms with Gasteiger partial charge in [-0.1, -0.05) is 31.5 Å². The molecular weight excluding hydrogens is 416 g/mol. The Hall–Kier alpha value is -2.61. The molecule has 2 aliphatic rings. The summed E-state index contributed by atoms with van der Waals surface area (Å²) in [6.07, 6.45) is 2.42. The van der Waals surface area contributed by atoms with Crippen LogP contribution in [0.2, 0.25) is 5.02 Å². The number of halogens is 1. The van der Waals surface area contributed by atoms with E-state index in [2.05, 4.69) is 33.9 Å². The Balaban J connectivity index is 1.35. The second-order valence-corrected chi connectivity index (χ2v) is 9.18. The molecule has 0 radical (unpaired) electrons. The van der Waals surface area contributed by atoms with Crippen LogP contribution in [0.5, 0.6) is 0 Å². The van der Waals surface area contributed by atoms with Gasteiger partial charge in [-0.2, -0.15) is 0 Å². The topological polar surface area (TPSA) is 83.4 Å². The summed E-state index contributed by atoms with van der Waals surface area (Å²) in [6, 6.07) is 6.94. The monoisotopic (exact) mass is 444 g/mol. The highest BCUT2D eigenvalue weighted by molar-refractivity contribution is 6.30. The van der Waals surface area contributed by atoms with Crippen molar-refractivity contribution in [3.8, 4) is 0 Å². The number of rotatable bonds is 4. The van der Waals surface area contributed by atoms with E-state index in [9.17, 15) is 9.59 Å². The number of hydrogen-bond acceptors (Lipinski definition) is 4. The summed E-state index contributed by atoms with van der Waals surface area (Å²) in [6.45, 7) is 7.38. The van der Waals surface area contributed by atoms with Gasteiger partial charge in [-0.05, 0) is 37.0 Å². The predicted molar refractivity (Wildman–Crippen MR) is 119 cm³/mol. The first kappa shape index (κ1) is 21.6. The van der Waals surface area contributed by atoms with Gasteiger partial charge in [0.05, 0.1) is 6.54 Å². The molecule has 0 spiro atoms. The number of piperidine rings is 1. The number of nitrogens with one attached hydrogen (secondary N) is 1. The molecule has 9 heteroatoms. The van der Waals surface area contributed by atoms with Crippen molar-refractivity contribution in [2.24, 2.45) is 5.92 Å². The first-order chi connectivity index (χ1) is 14.9. The van der Waals surface area contributed by atoms with Crippen molar-refractivity contribution >= 4 is 29.2 Å². The molecule has 0 aliphatic carbocycles. The third-order valence-corrected chi connectivity index (χ3v) is 6.18. The van der Waals surface area contributed by atoms with Gasteiger partial charge in [0.1, 0.15) is 5.82 Å². The van der Waals surface area contributed by atoms with Crippen LogP contribution in [-0.4, -0.2) is 56.1 Å². The maximum absolute atomic E-state index is 12.7. The lowest BCUT2D eigenvalue weighted by Gasteiger charge is -2.33. The molecule has 1 fully saturated rings. The highest BCUT2D eigenvalue weighted by Crippen LogP contribution is 2.29. The van der Waals surface area contributed by atoms with Gasteiger partial charge in [0.25, 0.3) is 0 Å². The Morgan fingerprint density at radius 3 is 2.61 bits per heavy atom. The number of likely N-dealkylation sites (tertiary alicyclic amines) is 1. The lowest BCUT2D eigenvalue weighted by molar-refractivity contribution is -0.133. The molecule has 8 nitrogen and oxygen atoms in total. The lowest BCUT2D eigenvalue weighted by atomic mass is 9.95. The minimum atomic E-state index is -0.171. The minimum Gasteiger partial charge on any atom is -0.343 e. The first-order valence-electron chi connectivity index (χ1n) is 10.9. The molecule has 166 valence electrons. The number of urea groups is 1. The second-order valence-electron chi connectivity index (χ2n) is 8.74. The van der Waals surface area contributed by atoms with E-state index in [0.29, 0.717) is 48.6 Å². The summed E-state index contributed by atoms with van der Waals surface area (Å²) >= 11 is 6.00. The van der Waals surface area contributed by atoms with Crippen molar-refractivity contribution in [1.82, 2.24) is 24.6 Å². The van der Waals surface area contributed by atoms with Crippen LogP contribution in [-0.2, 0) is 17.9 Å². The molecule has 1 aromatic heterocycles. The lowest BCUT2D eigenvalue weighted by Crippen LogP contribution is -2.42. The van der Waals surface area contributed by atoms with Crippen LogP contribution in [0, 0.1) is 5.92 Å². The first-order valence-corrected chi connectivity index (χ1v) is 11.3. The third kappa shape index (κ3) is 5.01. The fraction of sp³-hybridized carbons (Fsp3) is 0.545. The SMILES string of the molecule is CC(C)CC(=O)N1CCC(c2nnc3n2CCN(C(=O)Nc2cccc(Cl)c2)C3)CC1. The van der Waals surface area contributed by atoms with E-state index in [1.54, 1.807) is 23.1 Å². The molecule has 3 heterocycles. The van der Waals surface area contributed by atoms with Crippen LogP contribution in [0.15, 0.2) is 24.3 Å². The highest BCUT2D eigenvalue weighted by atomic mass is 35.5. The zero-order valence-electron chi connectivity index (χ0n) is 18.1. The van der Waals surface area contributed by atoms with Gasteiger partial charge < -0.3 is 19.7 Å². The molecule has 2 aliphatic heterocycles. The van der Waals surface area contributed by atoms with Crippen LogP contribution in [0.25, 0.3) is 0 Å². The van der Waals surface area contributed by atoms with Crippen molar-refractivity contribution in [3.05, 3.63) is 40.9 Å². The molecular formula is C22H29ClN6O2. The van der Waals surface area contributed by atoms with Crippen molar-refractivity contribution in [1.29, 1.82) is 0 Å². The number of carbonyl (C=O) groups is 2. The van der Waals surface area contributed by atoms with Gasteiger partial charge >= 0.3 is 6.03 Å². The normalized spacial score (nSPS) is 17.0. The van der Waals surface area contributed by atoms with Crippen LogP contribution in [0.4, 0.5) is 10.5 Å². The second kappa shape index (κ2) is 9.26. The molecule has 3 amide bonds. The third-order valence-electron chi connectivity index (χ3n) is 5.94. The molecule has 1 aromatic carbocycles. The molecule has 0 bridgehead atoms. The van der Waals surface area contributed by atoms with Crippen molar-refractivity contribution in [3.63, 3.8) is 0 Å². The Kier molecular flexibility index (Phi) is 6.46. The largest absolute Gasteiger partial charge is 0.343 e. The minimum absolute atomic E-state index is 0.171. The summed E-state index contributed by atoms with van der Waals surface area (Å²) in [5.41, 5.74) is 0.670. The van der Waals surface area contributed by atoms with Crippen LogP contribution in [0.1, 0.15) is 50.7 Å². The Bertz CT molecular complexity index is 951. The van der Waals surface area contributed by atoms with E-state index in [-0.39, 0.29) is 11.9 Å². The van der Waals surface area contributed by atoms with E-state index in [1.807, 2.05) is 11.0 Å². The van der Waals surface area contributed by atoms with Crippen LogP contribution in [0.3, 0.4) is 0 Å². The van der Waals surface area contributed by atoms with Crippen LogP contribution < -0.4 is 5.32 Å². The quantitative estimate of drug-likeness (QED) is 0.778. The number of amides is 3. The molecule has 4 rings (SSSR count). The maximum Gasteiger partial charge on any atom is 0.322 e. The number of fused-ring (bicyclic) bond motifs is 1. The van der Waals surface area contributed by atoms with E-state index >= 15 is 0 Å². The highest BCUT2D eigenvalue weighted by Gasteiger charge is 2.31. The number of hydrogen-bond donors (Lipinski definition) is 1. The summed E-state index contributed by atoms with van der Waals surface area (Å²) in [5.74, 6) is 2.73. The molecule has 2 aromatic rings. The van der Waals surface area contributed by atoms with Gasteiger partial charge in [0.15, 0.2) is 5.82 Å². The predicted octanol–water partition coefficient (Wildman–Crippen LogP) is 3.73. The van der Waals surface area contributed by atoms with E-state index in [1.165, 1.54) is 0 Å². The Morgan fingerprint density at radius 1 is 1.13 bits per heavy atom. The fourth-order valence-electron chi connectivity index (χ4n) is 4.29. The van der Waals surface area contributed by atoms with E-state index in [4.69, 9.17) is 11.6 Å². The van der Waals surface area contributed by atoms with Crippen LogP contribution >= 0.6 is 11.6 Å². The van der Waals surface area contributed by atoms with Gasteiger partial charge in [-0.3, -0.25) is 4.79 Å². The fourth-order valence-corrected chi connectivity index (χ4v) is 4.48. The van der Waals surface area contributed by atoms with Gasteiger partial charge in [0.2, 0.25) is 5.91 Å². The molecule has 31 heavy (non-hydrogen) atoms. The number of benzene rings is 1. The summed E-state index contributed by atoms with van der Waals surface area (Å²) in [4.78, 5) is 28.7. The van der Waals surface area contributed by atoms with E-state index < -0.39 is 0 Å². The average molecular weight is 445 g/mol. The summed E-state index contributed by atoms with van der Waals surface area (Å²) < 4.78 is 2.15. The summed E-state index contributed by atoms with van der Waals surface area (Å²) in [7, 11) is 0. The zero-order valence-corrected chi connectivity index (χ0v) is 18.8. The maximum atomic E-state index is 12.7. The Morgan fingerprint density at radius 2 is 1.90 bits per heavy atom. The average Bonchev–Trinajstić information content (AvgIpc) is 3.16. The molecule has 1 saturated heterocycles. The molecule has 0 unspecified atom stereocenters. The Labute approximate surface area is 187 Å². The smallest absolute Gasteiger partial charge is 0.322 e. The number of carbonyl (C=O) groups excluding carboxylic acids is 2. The van der Waals surface area contributed by atoms with Gasteiger partial charge in [-0.25, -0.2) is 4.79 Å². The van der Waals surface area contributed by atoms with E-state index in [0.717, 1.165) is 37.6 Å². The molecule has 0 saturated carbocycles. The van der Waals surface area contributed by atoms with Crippen molar-refractivity contribution < 1.29 is 9.59 Å². The van der Waals surface area contributed by atoms with Crippen molar-refractivity contribution in [2.75, 3.05) is 25.0 Å². The molecule has 1 N–H and O–H groups in total. The number of nitrogens with zero attached hydrogens (tertiary/aromatic N) is 5. The standard InChI is InChI=1S/C22H29ClN6O2/c1-15(2)12-20(30)27-8-6-16(7-9-27)21-26-25-19-14-28(10-11-29(19)21)22(31)24-18-5-3-4-17(23)13-18/h3-5,13,15-16H,6-12,14H2,1-2H3,(H,24,31). The van der Waals surface area contributed by atoms with Gasteiger partial charge in [0, 0.05) is 49.2 Å².